The predicted molar refractivity (Wildman–Crippen MR) is 55.2 cm³/mol. The molecule has 2 rings (SSSR count). The molecule has 1 amide bonds. The number of amides is 1. The number of amidine groups is 1. The Morgan fingerprint density at radius 3 is 2.92 bits per heavy atom. The molecule has 0 aromatic heterocycles. The van der Waals surface area contributed by atoms with Gasteiger partial charge >= 0.3 is 0 Å². The van der Waals surface area contributed by atoms with Crippen molar-refractivity contribution in [2.45, 2.75) is 6.92 Å². The van der Waals surface area contributed by atoms with Crippen LogP contribution in [0.4, 0.5) is 0 Å². The third-order valence-corrected chi connectivity index (χ3v) is 2.42. The smallest absolute Gasteiger partial charge is 0.260 e. The van der Waals surface area contributed by atoms with Crippen LogP contribution in [0.15, 0.2) is 32.7 Å². The Labute approximate surface area is 84.1 Å². The van der Waals surface area contributed by atoms with Crippen molar-refractivity contribution in [3.05, 3.63) is 22.7 Å². The van der Waals surface area contributed by atoms with Gasteiger partial charge in [-0.3, -0.25) is 4.79 Å². The van der Waals surface area contributed by atoms with E-state index in [9.17, 15) is 4.79 Å². The van der Waals surface area contributed by atoms with E-state index in [0.29, 0.717) is 5.84 Å². The number of allylic oxidation sites excluding steroid dienone is 3. The molecule has 0 radical (unpaired) electrons. The molecule has 1 aliphatic heterocycles. The minimum atomic E-state index is -0.289. The molecule has 1 unspecified atom stereocenters. The van der Waals surface area contributed by atoms with Crippen molar-refractivity contribution in [1.82, 2.24) is 0 Å². The molecule has 66 valence electrons. The summed E-state index contributed by atoms with van der Waals surface area (Å²) in [5.74, 6) is 0.110. The summed E-state index contributed by atoms with van der Waals surface area (Å²) in [5.41, 5.74) is 0.778. The number of carbonyl (C=O) groups excluding carboxylic acids is 1. The molecule has 13 heavy (non-hydrogen) atoms. The molecule has 4 heteroatoms. The normalized spacial score (nSPS) is 26.2. The van der Waals surface area contributed by atoms with Gasteiger partial charge in [-0.05, 0) is 19.1 Å². The molecule has 0 saturated heterocycles. The first-order valence-corrected chi connectivity index (χ1v) is 4.69. The Bertz CT molecular complexity index is 390. The van der Waals surface area contributed by atoms with Crippen molar-refractivity contribution in [3.8, 4) is 0 Å². The van der Waals surface area contributed by atoms with Crippen molar-refractivity contribution >= 4 is 33.4 Å². The first kappa shape index (κ1) is 8.56. The Balaban J connectivity index is 2.44. The SMILES string of the molecule is CC1=NC(=O)C2C=C(Br)C=CC2=N1. The maximum atomic E-state index is 11.4. The average Bonchev–Trinajstić information content (AvgIpc) is 2.06. The Morgan fingerprint density at radius 2 is 2.15 bits per heavy atom. The molecule has 0 fully saturated rings. The summed E-state index contributed by atoms with van der Waals surface area (Å²) in [7, 11) is 0. The zero-order chi connectivity index (χ0) is 9.42. The van der Waals surface area contributed by atoms with Crippen LogP contribution in [0, 0.1) is 5.92 Å². The maximum Gasteiger partial charge on any atom is 0.260 e. The highest BCUT2D eigenvalue weighted by Gasteiger charge is 2.26. The molecule has 0 aromatic carbocycles. The third kappa shape index (κ3) is 1.54. The van der Waals surface area contributed by atoms with Crippen LogP contribution in [-0.2, 0) is 4.79 Å². The van der Waals surface area contributed by atoms with Gasteiger partial charge in [0.2, 0.25) is 0 Å². The van der Waals surface area contributed by atoms with E-state index in [4.69, 9.17) is 0 Å². The van der Waals surface area contributed by atoms with Gasteiger partial charge in [0.25, 0.3) is 5.91 Å². The van der Waals surface area contributed by atoms with E-state index in [1.165, 1.54) is 0 Å². The minimum Gasteiger partial charge on any atom is -0.271 e. The van der Waals surface area contributed by atoms with E-state index in [2.05, 4.69) is 25.9 Å². The molecule has 0 aromatic rings. The number of rotatable bonds is 0. The second-order valence-electron chi connectivity index (χ2n) is 2.90. The second-order valence-corrected chi connectivity index (χ2v) is 3.81. The molecule has 0 bridgehead atoms. The number of carbonyl (C=O) groups is 1. The van der Waals surface area contributed by atoms with Gasteiger partial charge in [0, 0.05) is 4.48 Å². The Hall–Kier alpha value is -1.03. The van der Waals surface area contributed by atoms with Crippen molar-refractivity contribution in [3.63, 3.8) is 0 Å². The highest BCUT2D eigenvalue weighted by atomic mass is 79.9. The minimum absolute atomic E-state index is 0.135. The fourth-order valence-electron chi connectivity index (χ4n) is 1.31. The van der Waals surface area contributed by atoms with Crippen LogP contribution in [0.3, 0.4) is 0 Å². The summed E-state index contributed by atoms with van der Waals surface area (Å²) < 4.78 is 0.902. The van der Waals surface area contributed by atoms with Crippen LogP contribution in [-0.4, -0.2) is 17.5 Å². The molecule has 0 spiro atoms. The number of nitrogens with zero attached hydrogens (tertiary/aromatic N) is 2. The summed E-state index contributed by atoms with van der Waals surface area (Å²) in [6.07, 6.45) is 5.53. The largest absolute Gasteiger partial charge is 0.271 e. The quantitative estimate of drug-likeness (QED) is 0.636. The van der Waals surface area contributed by atoms with E-state index in [0.717, 1.165) is 10.2 Å². The highest BCUT2D eigenvalue weighted by Crippen LogP contribution is 2.22. The standard InChI is InChI=1S/C9H7BrN2O/c1-5-11-8-3-2-6(10)4-7(8)9(13)12-5/h2-4,7H,1H3. The van der Waals surface area contributed by atoms with E-state index >= 15 is 0 Å². The van der Waals surface area contributed by atoms with Crippen LogP contribution in [0.1, 0.15) is 6.92 Å². The second kappa shape index (κ2) is 3.03. The van der Waals surface area contributed by atoms with Gasteiger partial charge in [0.15, 0.2) is 0 Å². The first-order valence-electron chi connectivity index (χ1n) is 3.90. The van der Waals surface area contributed by atoms with Crippen molar-refractivity contribution in [1.29, 1.82) is 0 Å². The molecular weight excluding hydrogens is 232 g/mol. The lowest BCUT2D eigenvalue weighted by Gasteiger charge is -2.17. The van der Waals surface area contributed by atoms with Gasteiger partial charge in [-0.15, -0.1) is 0 Å². The fourth-order valence-corrected chi connectivity index (χ4v) is 1.71. The number of fused-ring (bicyclic) bond motifs is 1. The van der Waals surface area contributed by atoms with Crippen molar-refractivity contribution < 1.29 is 4.79 Å². The molecule has 0 saturated carbocycles. The summed E-state index contributed by atoms with van der Waals surface area (Å²) in [5, 5.41) is 0. The average molecular weight is 239 g/mol. The number of hydrogen-bond donors (Lipinski definition) is 0. The van der Waals surface area contributed by atoms with E-state index in [-0.39, 0.29) is 11.8 Å². The Morgan fingerprint density at radius 1 is 1.38 bits per heavy atom. The van der Waals surface area contributed by atoms with Gasteiger partial charge in [0.1, 0.15) is 11.8 Å². The van der Waals surface area contributed by atoms with Crippen molar-refractivity contribution in [2.75, 3.05) is 0 Å². The lowest BCUT2D eigenvalue weighted by atomic mass is 9.97. The summed E-state index contributed by atoms with van der Waals surface area (Å²) in [4.78, 5) is 19.4. The monoisotopic (exact) mass is 238 g/mol. The molecule has 1 atom stereocenters. The fraction of sp³-hybridized carbons (Fsp3) is 0.222. The molecule has 1 aliphatic carbocycles. The van der Waals surface area contributed by atoms with Crippen LogP contribution >= 0.6 is 15.9 Å². The van der Waals surface area contributed by atoms with Gasteiger partial charge in [-0.2, -0.15) is 4.99 Å². The third-order valence-electron chi connectivity index (χ3n) is 1.89. The summed E-state index contributed by atoms with van der Waals surface area (Å²) >= 11 is 3.31. The van der Waals surface area contributed by atoms with Crippen molar-refractivity contribution in [2.24, 2.45) is 15.9 Å². The maximum absolute atomic E-state index is 11.4. The molecule has 3 nitrogen and oxygen atoms in total. The zero-order valence-corrected chi connectivity index (χ0v) is 8.58. The molecule has 2 aliphatic rings. The van der Waals surface area contributed by atoms with Gasteiger partial charge < -0.3 is 0 Å². The number of hydrogen-bond acceptors (Lipinski definition) is 2. The van der Waals surface area contributed by atoms with Crippen LogP contribution in [0.5, 0.6) is 0 Å². The van der Waals surface area contributed by atoms with E-state index in [1.807, 2.05) is 18.2 Å². The van der Waals surface area contributed by atoms with Gasteiger partial charge in [-0.1, -0.05) is 22.0 Å². The first-order chi connectivity index (χ1) is 6.16. The zero-order valence-electron chi connectivity index (χ0n) is 6.99. The molecule has 1 heterocycles. The lowest BCUT2D eigenvalue weighted by Crippen LogP contribution is -2.26. The van der Waals surface area contributed by atoms with E-state index < -0.39 is 0 Å². The van der Waals surface area contributed by atoms with Crippen LogP contribution in [0.2, 0.25) is 0 Å². The summed E-state index contributed by atoms with van der Waals surface area (Å²) in [6, 6.07) is 0. The van der Waals surface area contributed by atoms with Crippen LogP contribution in [0.25, 0.3) is 0 Å². The van der Waals surface area contributed by atoms with Gasteiger partial charge in [-0.25, -0.2) is 4.99 Å². The summed E-state index contributed by atoms with van der Waals surface area (Å²) in [6.45, 7) is 1.72. The Kier molecular flexibility index (Phi) is 2.00. The predicted octanol–water partition coefficient (Wildman–Crippen LogP) is 1.85. The number of halogens is 1. The molecular formula is C9H7BrN2O. The van der Waals surface area contributed by atoms with Crippen LogP contribution < -0.4 is 0 Å². The topological polar surface area (TPSA) is 41.8 Å². The lowest BCUT2D eigenvalue weighted by molar-refractivity contribution is -0.118. The van der Waals surface area contributed by atoms with E-state index in [1.54, 1.807) is 6.92 Å². The van der Waals surface area contributed by atoms with Gasteiger partial charge in [0.05, 0.1) is 5.71 Å². The highest BCUT2D eigenvalue weighted by molar-refractivity contribution is 9.11. The molecule has 0 N–H and O–H groups in total. The number of aliphatic imine (C=N–C) groups is 2.